The zero-order valence-corrected chi connectivity index (χ0v) is 12.2. The number of methoxy groups -OCH3 is 1. The number of carbonyl (C=O) groups is 1. The summed E-state index contributed by atoms with van der Waals surface area (Å²) in [5.41, 5.74) is 0. The van der Waals surface area contributed by atoms with E-state index >= 15 is 0 Å². The summed E-state index contributed by atoms with van der Waals surface area (Å²) in [4.78, 5) is 29.2. The van der Waals surface area contributed by atoms with Gasteiger partial charge in [-0.2, -0.15) is 0 Å². The molecule has 5 atom stereocenters. The molecular weight excluding hydrogens is 287 g/mol. The van der Waals surface area contributed by atoms with Crippen LogP contribution in [0.25, 0.3) is 0 Å². The van der Waals surface area contributed by atoms with Gasteiger partial charge in [-0.3, -0.25) is 9.32 Å². The van der Waals surface area contributed by atoms with Gasteiger partial charge in [0.25, 0.3) is 0 Å². The van der Waals surface area contributed by atoms with E-state index in [1.807, 2.05) is 0 Å². The Hall–Kier alpha value is -0.460. The highest BCUT2D eigenvalue weighted by Crippen LogP contribution is 2.49. The lowest BCUT2D eigenvalue weighted by atomic mass is 9.66. The summed E-state index contributed by atoms with van der Waals surface area (Å²) in [6.45, 7) is 0. The van der Waals surface area contributed by atoms with E-state index in [-0.39, 0.29) is 17.9 Å². The molecule has 0 spiro atoms. The smallest absolute Gasteiger partial charge is 0.469 e. The van der Waals surface area contributed by atoms with Crippen molar-refractivity contribution in [1.82, 2.24) is 0 Å². The first-order chi connectivity index (χ1) is 9.30. The molecule has 8 heteroatoms. The number of carboxylic acids is 1. The van der Waals surface area contributed by atoms with Crippen LogP contribution >= 0.6 is 7.82 Å². The summed E-state index contributed by atoms with van der Waals surface area (Å²) in [6.07, 6.45) is 2.63. The van der Waals surface area contributed by atoms with Crippen molar-refractivity contribution in [3.63, 3.8) is 0 Å². The number of ether oxygens (including phenoxy) is 1. The monoisotopic (exact) mass is 308 g/mol. The third-order valence-corrected chi connectivity index (χ3v) is 5.10. The first-order valence-electron chi connectivity index (χ1n) is 6.79. The van der Waals surface area contributed by atoms with Crippen LogP contribution in [-0.2, 0) is 18.6 Å². The largest absolute Gasteiger partial charge is 0.481 e. The quantitative estimate of drug-likeness (QED) is 0.672. The third kappa shape index (κ3) is 3.80. The Morgan fingerprint density at radius 2 is 1.85 bits per heavy atom. The fourth-order valence-electron chi connectivity index (χ4n) is 3.59. The van der Waals surface area contributed by atoms with Gasteiger partial charge in [0.1, 0.15) is 0 Å². The Bertz CT molecular complexity index is 407. The summed E-state index contributed by atoms with van der Waals surface area (Å²) in [5, 5.41) is 9.25. The number of aliphatic carboxylic acids is 1. The van der Waals surface area contributed by atoms with Crippen LogP contribution in [-0.4, -0.2) is 40.2 Å². The van der Waals surface area contributed by atoms with Crippen LogP contribution in [0.5, 0.6) is 0 Å². The second-order valence-electron chi connectivity index (χ2n) is 5.74. The van der Waals surface area contributed by atoms with E-state index in [1.165, 1.54) is 0 Å². The molecule has 5 unspecified atom stereocenters. The van der Waals surface area contributed by atoms with Gasteiger partial charge in [0.05, 0.1) is 18.1 Å². The summed E-state index contributed by atoms with van der Waals surface area (Å²) in [5.74, 6) is -1.43. The van der Waals surface area contributed by atoms with Gasteiger partial charge in [-0.15, -0.1) is 0 Å². The van der Waals surface area contributed by atoms with Crippen molar-refractivity contribution in [2.75, 3.05) is 7.11 Å². The highest BCUT2D eigenvalue weighted by molar-refractivity contribution is 7.46. The first kappa shape index (κ1) is 15.9. The number of fused-ring (bicyclic) bond motifs is 1. The average Bonchev–Trinajstić information content (AvgIpc) is 2.35. The number of hydrogen-bond acceptors (Lipinski definition) is 4. The highest BCUT2D eigenvalue weighted by atomic mass is 31.2. The molecule has 2 aliphatic carbocycles. The number of rotatable bonds is 4. The zero-order valence-electron chi connectivity index (χ0n) is 11.3. The minimum atomic E-state index is -4.66. The molecule has 20 heavy (non-hydrogen) atoms. The molecule has 3 N–H and O–H groups in total. The van der Waals surface area contributed by atoms with Crippen LogP contribution in [0.1, 0.15) is 32.1 Å². The second-order valence-corrected chi connectivity index (χ2v) is 6.93. The predicted octanol–water partition coefficient (Wildman–Crippen LogP) is 1.39. The molecule has 2 aliphatic rings. The van der Waals surface area contributed by atoms with E-state index in [9.17, 15) is 14.5 Å². The summed E-state index contributed by atoms with van der Waals surface area (Å²) in [6, 6.07) is 0. The van der Waals surface area contributed by atoms with Gasteiger partial charge >= 0.3 is 13.8 Å². The molecule has 0 radical (unpaired) electrons. The van der Waals surface area contributed by atoms with Crippen molar-refractivity contribution in [3.05, 3.63) is 0 Å². The standard InChI is InChI=1S/C12H21O7P/c1-18-9-3-2-7-6-11(19-20(15,16)17)10(12(13)14)5-8(7)4-9/h7-11H,2-6H2,1H3,(H,13,14)(H2,15,16,17). The number of phosphoric ester groups is 1. The Morgan fingerprint density at radius 3 is 2.40 bits per heavy atom. The average molecular weight is 308 g/mol. The van der Waals surface area contributed by atoms with Gasteiger partial charge in [0.15, 0.2) is 0 Å². The molecule has 0 heterocycles. The van der Waals surface area contributed by atoms with Crippen LogP contribution < -0.4 is 0 Å². The molecule has 0 aromatic heterocycles. The fraction of sp³-hybridized carbons (Fsp3) is 0.917. The second kappa shape index (κ2) is 6.12. The zero-order chi connectivity index (χ0) is 14.9. The lowest BCUT2D eigenvalue weighted by Crippen LogP contribution is -2.43. The lowest BCUT2D eigenvalue weighted by molar-refractivity contribution is -0.150. The Morgan fingerprint density at radius 1 is 1.15 bits per heavy atom. The van der Waals surface area contributed by atoms with E-state index in [2.05, 4.69) is 0 Å². The Labute approximate surface area is 117 Å². The third-order valence-electron chi connectivity index (χ3n) is 4.56. The minimum Gasteiger partial charge on any atom is -0.481 e. The minimum absolute atomic E-state index is 0.157. The summed E-state index contributed by atoms with van der Waals surface area (Å²) < 4.78 is 21.0. The molecule has 116 valence electrons. The molecule has 0 aromatic rings. The maximum atomic E-state index is 11.3. The SMILES string of the molecule is COC1CCC2CC(OP(=O)(O)O)C(C(=O)O)CC2C1. The number of hydrogen-bond donors (Lipinski definition) is 3. The Kier molecular flexibility index (Phi) is 4.87. The molecule has 2 saturated carbocycles. The van der Waals surface area contributed by atoms with Crippen LogP contribution in [0, 0.1) is 17.8 Å². The van der Waals surface area contributed by atoms with Crippen molar-refractivity contribution < 1.29 is 33.5 Å². The van der Waals surface area contributed by atoms with Crippen LogP contribution in [0.4, 0.5) is 0 Å². The molecule has 7 nitrogen and oxygen atoms in total. The first-order valence-corrected chi connectivity index (χ1v) is 8.32. The van der Waals surface area contributed by atoms with E-state index in [0.29, 0.717) is 12.8 Å². The van der Waals surface area contributed by atoms with Gasteiger partial charge in [0, 0.05) is 7.11 Å². The lowest BCUT2D eigenvalue weighted by Gasteiger charge is -2.43. The topological polar surface area (TPSA) is 113 Å². The van der Waals surface area contributed by atoms with Crippen molar-refractivity contribution in [1.29, 1.82) is 0 Å². The van der Waals surface area contributed by atoms with Crippen molar-refractivity contribution in [2.45, 2.75) is 44.3 Å². The normalized spacial score (nSPS) is 38.2. The molecule has 0 aliphatic heterocycles. The van der Waals surface area contributed by atoms with Crippen molar-refractivity contribution in [2.24, 2.45) is 17.8 Å². The van der Waals surface area contributed by atoms with E-state index < -0.39 is 25.8 Å². The molecule has 0 aromatic carbocycles. The van der Waals surface area contributed by atoms with Crippen LogP contribution in [0.3, 0.4) is 0 Å². The van der Waals surface area contributed by atoms with Gasteiger partial charge < -0.3 is 19.6 Å². The number of phosphoric acid groups is 1. The van der Waals surface area contributed by atoms with Gasteiger partial charge in [-0.25, -0.2) is 4.57 Å². The maximum absolute atomic E-state index is 11.3. The van der Waals surface area contributed by atoms with Crippen molar-refractivity contribution in [3.8, 4) is 0 Å². The van der Waals surface area contributed by atoms with Crippen LogP contribution in [0.15, 0.2) is 0 Å². The molecule has 2 rings (SSSR count). The van der Waals surface area contributed by atoms with Gasteiger partial charge in [-0.05, 0) is 43.9 Å². The van der Waals surface area contributed by atoms with E-state index in [0.717, 1.165) is 19.3 Å². The molecular formula is C12H21O7P. The predicted molar refractivity (Wildman–Crippen MR) is 68.9 cm³/mol. The van der Waals surface area contributed by atoms with Crippen LogP contribution in [0.2, 0.25) is 0 Å². The Balaban J connectivity index is 2.09. The summed E-state index contributed by atoms with van der Waals surface area (Å²) in [7, 11) is -3.01. The number of carboxylic acid groups (broad SMARTS) is 1. The molecule has 0 saturated heterocycles. The maximum Gasteiger partial charge on any atom is 0.469 e. The van der Waals surface area contributed by atoms with Crippen molar-refractivity contribution >= 4 is 13.8 Å². The highest BCUT2D eigenvalue weighted by Gasteiger charge is 2.45. The van der Waals surface area contributed by atoms with E-state index in [4.69, 9.17) is 19.0 Å². The van der Waals surface area contributed by atoms with E-state index in [1.54, 1.807) is 7.11 Å². The summed E-state index contributed by atoms with van der Waals surface area (Å²) >= 11 is 0. The molecule has 0 bridgehead atoms. The van der Waals surface area contributed by atoms with Gasteiger partial charge in [-0.1, -0.05) is 0 Å². The molecule has 2 fully saturated rings. The fourth-order valence-corrected chi connectivity index (χ4v) is 4.18. The van der Waals surface area contributed by atoms with Gasteiger partial charge in [0.2, 0.25) is 0 Å². The molecule has 0 amide bonds.